The summed E-state index contributed by atoms with van der Waals surface area (Å²) in [6.07, 6.45) is 2.84. The molecule has 3 aromatic rings. The topological polar surface area (TPSA) is 76.7 Å². The predicted octanol–water partition coefficient (Wildman–Crippen LogP) is 3.32. The molecule has 24 heavy (non-hydrogen) atoms. The van der Waals surface area contributed by atoms with Crippen molar-refractivity contribution < 1.29 is 9.84 Å². The number of aryl methyl sites for hydroxylation is 2. The molecular weight excluding hydrogens is 350 g/mol. The molecule has 0 atom stereocenters. The highest BCUT2D eigenvalue weighted by Crippen LogP contribution is 2.34. The Labute approximate surface area is 146 Å². The minimum atomic E-state index is -0.227. The lowest BCUT2D eigenvalue weighted by atomic mass is 10.2. The quantitative estimate of drug-likeness (QED) is 0.724. The highest BCUT2D eigenvalue weighted by atomic mass is 35.5. The molecule has 1 aromatic carbocycles. The maximum Gasteiger partial charge on any atom is 0.282 e. The summed E-state index contributed by atoms with van der Waals surface area (Å²) in [4.78, 5) is 18.6. The van der Waals surface area contributed by atoms with Gasteiger partial charge in [-0.3, -0.25) is 4.79 Å². The van der Waals surface area contributed by atoms with E-state index in [1.165, 1.54) is 41.7 Å². The minimum absolute atomic E-state index is 0.138. The third-order valence-corrected chi connectivity index (χ3v) is 5.08. The van der Waals surface area contributed by atoms with E-state index in [2.05, 4.69) is 10.1 Å². The van der Waals surface area contributed by atoms with E-state index in [1.807, 2.05) is 13.8 Å². The standard InChI is InChI=1S/C16H14ClN3O3S/c1-8-9(2)24-15-13(8)16(22)20(7-18-15)19-6-10-4-11(17)14(21)12(5-10)23-3/h4-7,21H,1-3H3/b19-6+. The molecule has 0 saturated heterocycles. The predicted molar refractivity (Wildman–Crippen MR) is 96.0 cm³/mol. The number of hydrogen-bond donors (Lipinski definition) is 1. The molecule has 0 fully saturated rings. The summed E-state index contributed by atoms with van der Waals surface area (Å²) in [6, 6.07) is 3.10. The molecule has 0 bridgehead atoms. The van der Waals surface area contributed by atoms with Crippen molar-refractivity contribution in [2.24, 2.45) is 5.10 Å². The SMILES string of the molecule is COc1cc(/C=N/n2cnc3sc(C)c(C)c3c2=O)cc(Cl)c1O. The molecule has 0 aliphatic heterocycles. The van der Waals surface area contributed by atoms with Crippen molar-refractivity contribution in [1.29, 1.82) is 0 Å². The van der Waals surface area contributed by atoms with Crippen molar-refractivity contribution in [3.05, 3.63) is 49.8 Å². The molecule has 8 heteroatoms. The van der Waals surface area contributed by atoms with E-state index in [1.54, 1.807) is 6.07 Å². The van der Waals surface area contributed by atoms with Gasteiger partial charge in [-0.15, -0.1) is 11.3 Å². The molecule has 0 aliphatic rings. The van der Waals surface area contributed by atoms with Gasteiger partial charge in [-0.25, -0.2) is 4.98 Å². The number of fused-ring (bicyclic) bond motifs is 1. The zero-order valence-corrected chi connectivity index (χ0v) is 14.8. The summed E-state index contributed by atoms with van der Waals surface area (Å²) in [5.41, 5.74) is 1.28. The number of aromatic hydroxyl groups is 1. The highest BCUT2D eigenvalue weighted by molar-refractivity contribution is 7.18. The van der Waals surface area contributed by atoms with Crippen LogP contribution in [0.25, 0.3) is 10.2 Å². The Morgan fingerprint density at radius 2 is 2.17 bits per heavy atom. The van der Waals surface area contributed by atoms with Gasteiger partial charge in [0, 0.05) is 4.88 Å². The number of hydrogen-bond acceptors (Lipinski definition) is 6. The number of ether oxygens (including phenoxy) is 1. The first-order valence-corrected chi connectivity index (χ1v) is 8.20. The van der Waals surface area contributed by atoms with Gasteiger partial charge in [0.1, 0.15) is 11.2 Å². The van der Waals surface area contributed by atoms with Crippen LogP contribution in [0.2, 0.25) is 5.02 Å². The van der Waals surface area contributed by atoms with Gasteiger partial charge in [0.25, 0.3) is 5.56 Å². The summed E-state index contributed by atoms with van der Waals surface area (Å²) >= 11 is 7.43. The lowest BCUT2D eigenvalue weighted by Gasteiger charge is -2.06. The molecule has 6 nitrogen and oxygen atoms in total. The minimum Gasteiger partial charge on any atom is -0.503 e. The van der Waals surface area contributed by atoms with Crippen molar-refractivity contribution in [3.63, 3.8) is 0 Å². The van der Waals surface area contributed by atoms with E-state index in [4.69, 9.17) is 16.3 Å². The van der Waals surface area contributed by atoms with Crippen molar-refractivity contribution in [3.8, 4) is 11.5 Å². The lowest BCUT2D eigenvalue weighted by molar-refractivity contribution is 0.373. The number of phenolic OH excluding ortho intramolecular Hbond substituents is 1. The average molecular weight is 364 g/mol. The van der Waals surface area contributed by atoms with Crippen LogP contribution in [0.15, 0.2) is 28.4 Å². The molecule has 2 aromatic heterocycles. The first kappa shape index (κ1) is 16.5. The Morgan fingerprint density at radius 1 is 1.42 bits per heavy atom. The normalized spacial score (nSPS) is 11.5. The van der Waals surface area contributed by atoms with Crippen LogP contribution in [0.5, 0.6) is 11.5 Å². The second-order valence-electron chi connectivity index (χ2n) is 5.16. The number of thiophene rings is 1. The summed E-state index contributed by atoms with van der Waals surface area (Å²) in [5.74, 6) is 0.0927. The van der Waals surface area contributed by atoms with Gasteiger partial charge < -0.3 is 9.84 Å². The zero-order chi connectivity index (χ0) is 17.4. The number of nitrogens with zero attached hydrogens (tertiary/aromatic N) is 3. The summed E-state index contributed by atoms with van der Waals surface area (Å²) < 4.78 is 6.22. The molecular formula is C16H14ClN3O3S. The lowest BCUT2D eigenvalue weighted by Crippen LogP contribution is -2.16. The van der Waals surface area contributed by atoms with Crippen molar-refractivity contribution >= 4 is 39.4 Å². The number of benzene rings is 1. The van der Waals surface area contributed by atoms with Crippen LogP contribution in [0.1, 0.15) is 16.0 Å². The van der Waals surface area contributed by atoms with Crippen LogP contribution < -0.4 is 10.3 Å². The number of aromatic nitrogens is 2. The maximum absolute atomic E-state index is 12.6. The number of rotatable bonds is 3. The molecule has 2 heterocycles. The fraction of sp³-hybridized carbons (Fsp3) is 0.188. The summed E-state index contributed by atoms with van der Waals surface area (Å²) in [6.45, 7) is 3.86. The second-order valence-corrected chi connectivity index (χ2v) is 6.77. The van der Waals surface area contributed by atoms with Crippen molar-refractivity contribution in [2.45, 2.75) is 13.8 Å². The Balaban J connectivity index is 2.05. The van der Waals surface area contributed by atoms with Crippen molar-refractivity contribution in [1.82, 2.24) is 9.66 Å². The molecule has 0 saturated carbocycles. The zero-order valence-electron chi connectivity index (χ0n) is 13.2. The third-order valence-electron chi connectivity index (χ3n) is 3.67. The van der Waals surface area contributed by atoms with Gasteiger partial charge in [0.05, 0.1) is 23.7 Å². The van der Waals surface area contributed by atoms with Crippen LogP contribution >= 0.6 is 22.9 Å². The smallest absolute Gasteiger partial charge is 0.282 e. The van der Waals surface area contributed by atoms with Crippen LogP contribution in [0.3, 0.4) is 0 Å². The second kappa shape index (κ2) is 6.26. The molecule has 0 aliphatic carbocycles. The Kier molecular flexibility index (Phi) is 4.29. The average Bonchev–Trinajstić information content (AvgIpc) is 2.85. The molecule has 0 unspecified atom stereocenters. The van der Waals surface area contributed by atoms with Gasteiger partial charge in [-0.1, -0.05) is 11.6 Å². The number of halogens is 1. The summed E-state index contributed by atoms with van der Waals surface area (Å²) in [5, 5.41) is 14.6. The van der Waals surface area contributed by atoms with Crippen LogP contribution in [-0.4, -0.2) is 28.1 Å². The molecule has 0 amide bonds. The monoisotopic (exact) mass is 363 g/mol. The summed E-state index contributed by atoms with van der Waals surface area (Å²) in [7, 11) is 1.43. The first-order chi connectivity index (χ1) is 11.4. The molecule has 124 valence electrons. The third kappa shape index (κ3) is 2.76. The van der Waals surface area contributed by atoms with Crippen molar-refractivity contribution in [2.75, 3.05) is 7.11 Å². The van der Waals surface area contributed by atoms with Gasteiger partial charge in [0.15, 0.2) is 11.5 Å². The Morgan fingerprint density at radius 3 is 2.88 bits per heavy atom. The molecule has 1 N–H and O–H groups in total. The number of methoxy groups -OCH3 is 1. The van der Waals surface area contributed by atoms with E-state index < -0.39 is 0 Å². The van der Waals surface area contributed by atoms with E-state index in [9.17, 15) is 9.90 Å². The van der Waals surface area contributed by atoms with Crippen LogP contribution in [0, 0.1) is 13.8 Å². The van der Waals surface area contributed by atoms with Gasteiger partial charge >= 0.3 is 0 Å². The van der Waals surface area contributed by atoms with E-state index >= 15 is 0 Å². The largest absolute Gasteiger partial charge is 0.503 e. The van der Waals surface area contributed by atoms with E-state index in [-0.39, 0.29) is 22.1 Å². The Bertz CT molecular complexity index is 1020. The van der Waals surface area contributed by atoms with E-state index in [0.717, 1.165) is 10.4 Å². The van der Waals surface area contributed by atoms with Crippen LogP contribution in [-0.2, 0) is 0 Å². The fourth-order valence-electron chi connectivity index (χ4n) is 2.26. The first-order valence-electron chi connectivity index (χ1n) is 7.00. The molecule has 3 rings (SSSR count). The number of phenols is 1. The van der Waals surface area contributed by atoms with Gasteiger partial charge in [-0.2, -0.15) is 9.78 Å². The molecule has 0 spiro atoms. The van der Waals surface area contributed by atoms with Gasteiger partial charge in [0.2, 0.25) is 0 Å². The van der Waals surface area contributed by atoms with E-state index in [0.29, 0.717) is 15.8 Å². The highest BCUT2D eigenvalue weighted by Gasteiger charge is 2.12. The molecule has 0 radical (unpaired) electrons. The maximum atomic E-state index is 12.6. The Hall–Kier alpha value is -2.38. The van der Waals surface area contributed by atoms with Gasteiger partial charge in [-0.05, 0) is 37.1 Å². The fourth-order valence-corrected chi connectivity index (χ4v) is 3.47. The van der Waals surface area contributed by atoms with Crippen LogP contribution in [0.4, 0.5) is 0 Å².